The first-order chi connectivity index (χ1) is 9.50. The van der Waals surface area contributed by atoms with E-state index in [1.807, 2.05) is 13.8 Å². The molecule has 2 rings (SSSR count). The van der Waals surface area contributed by atoms with Crippen molar-refractivity contribution < 1.29 is 9.59 Å². The highest BCUT2D eigenvalue weighted by Gasteiger charge is 2.39. The molecule has 20 heavy (non-hydrogen) atoms. The lowest BCUT2D eigenvalue weighted by atomic mass is 9.94. The number of hydrogen-bond donors (Lipinski definition) is 1. The first-order valence-corrected chi connectivity index (χ1v) is 7.79. The van der Waals surface area contributed by atoms with Crippen molar-refractivity contribution in [3.05, 3.63) is 11.6 Å². The third kappa shape index (κ3) is 3.22. The van der Waals surface area contributed by atoms with E-state index in [-0.39, 0.29) is 23.8 Å². The van der Waals surface area contributed by atoms with E-state index < -0.39 is 6.04 Å². The minimum Gasteiger partial charge on any atom is -0.343 e. The molecule has 1 saturated heterocycles. The number of allylic oxidation sites excluding steroid dienone is 1. The van der Waals surface area contributed by atoms with E-state index in [2.05, 4.69) is 11.4 Å². The maximum absolute atomic E-state index is 12.4. The van der Waals surface area contributed by atoms with E-state index in [9.17, 15) is 9.59 Å². The van der Waals surface area contributed by atoms with Gasteiger partial charge in [0.15, 0.2) is 0 Å². The summed E-state index contributed by atoms with van der Waals surface area (Å²) in [5.74, 6) is 0.191. The molecule has 2 atom stereocenters. The summed E-state index contributed by atoms with van der Waals surface area (Å²) in [7, 11) is 0. The molecule has 0 aromatic heterocycles. The van der Waals surface area contributed by atoms with E-state index >= 15 is 0 Å². The Bertz CT molecular complexity index is 415. The molecule has 4 heteroatoms. The van der Waals surface area contributed by atoms with E-state index in [0.29, 0.717) is 6.54 Å². The van der Waals surface area contributed by atoms with Crippen LogP contribution in [0.2, 0.25) is 0 Å². The monoisotopic (exact) mass is 278 g/mol. The highest BCUT2D eigenvalue weighted by atomic mass is 16.2. The molecule has 1 aliphatic carbocycles. The molecule has 1 aliphatic heterocycles. The molecule has 4 nitrogen and oxygen atoms in total. The summed E-state index contributed by atoms with van der Waals surface area (Å²) in [6, 6.07) is -0.708. The third-order valence-electron chi connectivity index (χ3n) is 4.31. The number of carbonyl (C=O) groups is 2. The van der Waals surface area contributed by atoms with Gasteiger partial charge in [0.2, 0.25) is 11.8 Å². The highest BCUT2D eigenvalue weighted by molar-refractivity contribution is 5.96. The third-order valence-corrected chi connectivity index (χ3v) is 4.31. The van der Waals surface area contributed by atoms with Crippen molar-refractivity contribution in [3.8, 4) is 0 Å². The van der Waals surface area contributed by atoms with Crippen molar-refractivity contribution in [1.29, 1.82) is 0 Å². The van der Waals surface area contributed by atoms with Gasteiger partial charge >= 0.3 is 0 Å². The molecule has 0 aromatic rings. The predicted molar refractivity (Wildman–Crippen MR) is 79.1 cm³/mol. The number of piperazine rings is 1. The fourth-order valence-electron chi connectivity index (χ4n) is 3.20. The Morgan fingerprint density at radius 1 is 1.35 bits per heavy atom. The Kier molecular flexibility index (Phi) is 4.84. The molecule has 0 aromatic carbocycles. The fraction of sp³-hybridized carbons (Fsp3) is 0.750. The zero-order valence-electron chi connectivity index (χ0n) is 12.8. The zero-order valence-corrected chi connectivity index (χ0v) is 12.8. The molecule has 2 amide bonds. The fourth-order valence-corrected chi connectivity index (χ4v) is 3.20. The zero-order chi connectivity index (χ0) is 14.7. The lowest BCUT2D eigenvalue weighted by Gasteiger charge is -2.40. The van der Waals surface area contributed by atoms with Crippen LogP contribution in [0.15, 0.2) is 11.6 Å². The molecule has 2 unspecified atom stereocenters. The van der Waals surface area contributed by atoms with Crippen LogP contribution in [-0.4, -0.2) is 35.3 Å². The van der Waals surface area contributed by atoms with Gasteiger partial charge < -0.3 is 10.2 Å². The average Bonchev–Trinajstić information content (AvgIpc) is 2.41. The molecule has 0 spiro atoms. The van der Waals surface area contributed by atoms with Gasteiger partial charge in [-0.3, -0.25) is 9.59 Å². The number of nitrogens with one attached hydrogen (secondary N) is 1. The van der Waals surface area contributed by atoms with Crippen LogP contribution < -0.4 is 5.32 Å². The molecule has 0 bridgehead atoms. The van der Waals surface area contributed by atoms with Crippen molar-refractivity contribution in [2.24, 2.45) is 5.92 Å². The standard InChI is InChI=1S/C16H26N2O2/c1-11(2)14-15(19)17-12(3)16(20)18(14)10-9-13-7-5-4-6-8-13/h7,11-12,14H,4-6,8-10H2,1-3H3,(H,17,19). The SMILES string of the molecule is CC1NC(=O)C(C(C)C)N(CCC2=CCCCC2)C1=O. The first-order valence-electron chi connectivity index (χ1n) is 7.79. The minimum atomic E-state index is -0.391. The van der Waals surface area contributed by atoms with E-state index in [4.69, 9.17) is 0 Å². The minimum absolute atomic E-state index is 0.00952. The van der Waals surface area contributed by atoms with Gasteiger partial charge in [-0.1, -0.05) is 25.5 Å². The molecule has 112 valence electrons. The van der Waals surface area contributed by atoms with Gasteiger partial charge in [-0.2, -0.15) is 0 Å². The first kappa shape index (κ1) is 15.1. The highest BCUT2D eigenvalue weighted by Crippen LogP contribution is 2.23. The normalized spacial score (nSPS) is 27.6. The van der Waals surface area contributed by atoms with Crippen molar-refractivity contribution >= 4 is 11.8 Å². The Morgan fingerprint density at radius 2 is 2.10 bits per heavy atom. The predicted octanol–water partition coefficient (Wildman–Crippen LogP) is 2.25. The molecule has 1 heterocycles. The summed E-state index contributed by atoms with van der Waals surface area (Å²) in [4.78, 5) is 26.3. The smallest absolute Gasteiger partial charge is 0.245 e. The van der Waals surface area contributed by atoms with Crippen LogP contribution in [0.3, 0.4) is 0 Å². The van der Waals surface area contributed by atoms with Gasteiger partial charge in [0, 0.05) is 6.54 Å². The lowest BCUT2D eigenvalue weighted by molar-refractivity contribution is -0.150. The molecule has 0 radical (unpaired) electrons. The number of hydrogen-bond acceptors (Lipinski definition) is 2. The van der Waals surface area contributed by atoms with Gasteiger partial charge in [-0.15, -0.1) is 0 Å². The van der Waals surface area contributed by atoms with E-state index in [1.54, 1.807) is 11.8 Å². The number of carbonyl (C=O) groups excluding carboxylic acids is 2. The Labute approximate surface area is 121 Å². The van der Waals surface area contributed by atoms with Gasteiger partial charge in [0.1, 0.15) is 12.1 Å². The van der Waals surface area contributed by atoms with E-state index in [1.165, 1.54) is 18.4 Å². The number of amides is 2. The summed E-state index contributed by atoms with van der Waals surface area (Å²) < 4.78 is 0. The molecule has 0 saturated carbocycles. The maximum Gasteiger partial charge on any atom is 0.245 e. The van der Waals surface area contributed by atoms with Crippen LogP contribution in [0, 0.1) is 5.92 Å². The van der Waals surface area contributed by atoms with Crippen LogP contribution in [0.1, 0.15) is 52.9 Å². The van der Waals surface area contributed by atoms with Gasteiger partial charge in [0.25, 0.3) is 0 Å². The summed E-state index contributed by atoms with van der Waals surface area (Å²) in [6.07, 6.45) is 8.06. The molecule has 1 N–H and O–H groups in total. The van der Waals surface area contributed by atoms with Crippen LogP contribution in [0.4, 0.5) is 0 Å². The number of nitrogens with zero attached hydrogens (tertiary/aromatic N) is 1. The number of rotatable bonds is 4. The molecular weight excluding hydrogens is 252 g/mol. The Morgan fingerprint density at radius 3 is 2.70 bits per heavy atom. The van der Waals surface area contributed by atoms with Crippen molar-refractivity contribution in [1.82, 2.24) is 10.2 Å². The van der Waals surface area contributed by atoms with Crippen LogP contribution in [-0.2, 0) is 9.59 Å². The van der Waals surface area contributed by atoms with Crippen LogP contribution in [0.25, 0.3) is 0 Å². The van der Waals surface area contributed by atoms with Crippen LogP contribution >= 0.6 is 0 Å². The second-order valence-corrected chi connectivity index (χ2v) is 6.31. The summed E-state index contributed by atoms with van der Waals surface area (Å²) in [5.41, 5.74) is 1.45. The second kappa shape index (κ2) is 6.42. The van der Waals surface area contributed by atoms with Crippen molar-refractivity contribution in [2.45, 2.75) is 65.0 Å². The second-order valence-electron chi connectivity index (χ2n) is 6.31. The van der Waals surface area contributed by atoms with Gasteiger partial charge in [-0.25, -0.2) is 0 Å². The van der Waals surface area contributed by atoms with Crippen LogP contribution in [0.5, 0.6) is 0 Å². The van der Waals surface area contributed by atoms with Crippen molar-refractivity contribution in [3.63, 3.8) is 0 Å². The van der Waals surface area contributed by atoms with Crippen molar-refractivity contribution in [2.75, 3.05) is 6.54 Å². The molecule has 1 fully saturated rings. The topological polar surface area (TPSA) is 49.4 Å². The maximum atomic E-state index is 12.4. The van der Waals surface area contributed by atoms with E-state index in [0.717, 1.165) is 19.3 Å². The largest absolute Gasteiger partial charge is 0.343 e. The van der Waals surface area contributed by atoms with Gasteiger partial charge in [-0.05, 0) is 44.9 Å². The molecule has 2 aliphatic rings. The average molecular weight is 278 g/mol. The quantitative estimate of drug-likeness (QED) is 0.802. The summed E-state index contributed by atoms with van der Waals surface area (Å²) in [6.45, 7) is 6.44. The Balaban J connectivity index is 2.05. The lowest BCUT2D eigenvalue weighted by Crippen LogP contribution is -2.64. The molecular formula is C16H26N2O2. The summed E-state index contributed by atoms with van der Waals surface area (Å²) in [5, 5.41) is 2.78. The Hall–Kier alpha value is -1.32. The van der Waals surface area contributed by atoms with Gasteiger partial charge in [0.05, 0.1) is 0 Å². The summed E-state index contributed by atoms with van der Waals surface area (Å²) >= 11 is 0.